The second-order valence-electron chi connectivity index (χ2n) is 3.47. The third-order valence-corrected chi connectivity index (χ3v) is 2.08. The van der Waals surface area contributed by atoms with E-state index in [-0.39, 0.29) is 6.42 Å². The Morgan fingerprint density at radius 1 is 1.06 bits per heavy atom. The number of aldehydes is 1. The molecule has 90 valence electrons. The van der Waals surface area contributed by atoms with Crippen LogP contribution in [0.3, 0.4) is 0 Å². The van der Waals surface area contributed by atoms with Gasteiger partial charge in [0.2, 0.25) is 0 Å². The summed E-state index contributed by atoms with van der Waals surface area (Å²) < 4.78 is 4.40. The molecule has 0 saturated carbocycles. The lowest BCUT2D eigenvalue weighted by molar-refractivity contribution is -0.156. The molecule has 4 nitrogen and oxygen atoms in total. The summed E-state index contributed by atoms with van der Waals surface area (Å²) in [6.45, 7) is 3.20. The monoisotopic (exact) mass is 226 g/mol. The van der Waals surface area contributed by atoms with Crippen LogP contribution in [0.1, 0.15) is 44.9 Å². The highest BCUT2D eigenvalue weighted by atomic mass is 16.6. The van der Waals surface area contributed by atoms with E-state index in [1.807, 2.05) is 0 Å². The number of ether oxygens (including phenoxy) is 1. The second kappa shape index (κ2) is 10.1. The van der Waals surface area contributed by atoms with E-state index >= 15 is 0 Å². The maximum absolute atomic E-state index is 11.0. The van der Waals surface area contributed by atoms with E-state index < -0.39 is 11.9 Å². The van der Waals surface area contributed by atoms with E-state index in [0.29, 0.717) is 12.8 Å². The first-order chi connectivity index (χ1) is 7.70. The summed E-state index contributed by atoms with van der Waals surface area (Å²) in [6, 6.07) is 0. The molecule has 0 aliphatic heterocycles. The van der Waals surface area contributed by atoms with Gasteiger partial charge in [-0.2, -0.15) is 0 Å². The lowest BCUT2D eigenvalue weighted by Crippen LogP contribution is -2.09. The van der Waals surface area contributed by atoms with Crippen LogP contribution in [0, 0.1) is 0 Å². The molecule has 0 rings (SSSR count). The summed E-state index contributed by atoms with van der Waals surface area (Å²) in [7, 11) is 0. The minimum absolute atomic E-state index is 0.257. The number of carbonyl (C=O) groups is 3. The highest BCUT2D eigenvalue weighted by Crippen LogP contribution is 2.07. The summed E-state index contributed by atoms with van der Waals surface area (Å²) in [4.78, 5) is 31.7. The third kappa shape index (κ3) is 9.12. The fourth-order valence-electron chi connectivity index (χ4n) is 1.23. The molecule has 0 aromatic heterocycles. The van der Waals surface area contributed by atoms with Crippen LogP contribution in [-0.2, 0) is 19.1 Å². The van der Waals surface area contributed by atoms with Crippen molar-refractivity contribution in [3.63, 3.8) is 0 Å². The number of hydrogen-bond acceptors (Lipinski definition) is 4. The van der Waals surface area contributed by atoms with Crippen LogP contribution in [0.5, 0.6) is 0 Å². The number of unbranched alkanes of at least 4 members (excludes halogenated alkanes) is 5. The Morgan fingerprint density at radius 2 is 1.69 bits per heavy atom. The molecule has 0 atom stereocenters. The molecule has 0 heterocycles. The zero-order valence-electron chi connectivity index (χ0n) is 9.44. The molecule has 0 aromatic carbocycles. The minimum Gasteiger partial charge on any atom is -0.390 e. The number of carbonyl (C=O) groups excluding carboxylic acids is 3. The third-order valence-electron chi connectivity index (χ3n) is 2.08. The quantitative estimate of drug-likeness (QED) is 0.199. The zero-order chi connectivity index (χ0) is 12.2. The molecule has 0 aliphatic rings. The fourth-order valence-corrected chi connectivity index (χ4v) is 1.23. The van der Waals surface area contributed by atoms with E-state index in [9.17, 15) is 14.4 Å². The van der Waals surface area contributed by atoms with Crippen molar-refractivity contribution in [2.24, 2.45) is 0 Å². The van der Waals surface area contributed by atoms with Crippen LogP contribution in [-0.4, -0.2) is 18.2 Å². The van der Waals surface area contributed by atoms with Crippen LogP contribution in [0.2, 0.25) is 0 Å². The molecular formula is C12H18O4. The average Bonchev–Trinajstić information content (AvgIpc) is 2.27. The van der Waals surface area contributed by atoms with Crippen molar-refractivity contribution in [2.75, 3.05) is 0 Å². The fraction of sp³-hybridized carbons (Fsp3) is 0.583. The van der Waals surface area contributed by atoms with E-state index in [0.717, 1.165) is 38.0 Å². The van der Waals surface area contributed by atoms with Gasteiger partial charge >= 0.3 is 11.9 Å². The van der Waals surface area contributed by atoms with Gasteiger partial charge in [-0.25, -0.2) is 4.79 Å². The Labute approximate surface area is 95.7 Å². The second-order valence-corrected chi connectivity index (χ2v) is 3.47. The molecule has 0 aromatic rings. The molecular weight excluding hydrogens is 208 g/mol. The number of esters is 2. The molecule has 4 heteroatoms. The summed E-state index contributed by atoms with van der Waals surface area (Å²) in [5.41, 5.74) is 0. The molecule has 0 radical (unpaired) electrons. The van der Waals surface area contributed by atoms with Crippen LogP contribution in [0.4, 0.5) is 0 Å². The SMILES string of the molecule is C=CC(=O)OC(=O)CCCCCCCC=O. The van der Waals surface area contributed by atoms with Crippen molar-refractivity contribution >= 4 is 18.2 Å². The van der Waals surface area contributed by atoms with Crippen molar-refractivity contribution in [1.29, 1.82) is 0 Å². The summed E-state index contributed by atoms with van der Waals surface area (Å²) in [5.74, 6) is -1.20. The highest BCUT2D eigenvalue weighted by Gasteiger charge is 2.06. The maximum atomic E-state index is 11.0. The van der Waals surface area contributed by atoms with E-state index in [1.165, 1.54) is 0 Å². The van der Waals surface area contributed by atoms with E-state index in [4.69, 9.17) is 0 Å². The van der Waals surface area contributed by atoms with Crippen molar-refractivity contribution in [3.8, 4) is 0 Å². The van der Waals surface area contributed by atoms with Gasteiger partial charge in [-0.1, -0.05) is 25.8 Å². The van der Waals surface area contributed by atoms with Crippen LogP contribution >= 0.6 is 0 Å². The Balaban J connectivity index is 3.31. The molecule has 0 saturated heterocycles. The van der Waals surface area contributed by atoms with Crippen LogP contribution in [0.15, 0.2) is 12.7 Å². The Hall–Kier alpha value is -1.45. The van der Waals surface area contributed by atoms with Gasteiger partial charge in [0.05, 0.1) is 0 Å². The van der Waals surface area contributed by atoms with Crippen LogP contribution < -0.4 is 0 Å². The number of rotatable bonds is 9. The first kappa shape index (κ1) is 14.6. The van der Waals surface area contributed by atoms with Crippen molar-refractivity contribution in [1.82, 2.24) is 0 Å². The maximum Gasteiger partial charge on any atom is 0.337 e. The van der Waals surface area contributed by atoms with Gasteiger partial charge in [0.15, 0.2) is 0 Å². The molecule has 0 bridgehead atoms. The van der Waals surface area contributed by atoms with E-state index in [2.05, 4.69) is 11.3 Å². The predicted octanol–water partition coefficient (Wildman–Crippen LogP) is 2.17. The molecule has 0 amide bonds. The van der Waals surface area contributed by atoms with Crippen molar-refractivity contribution < 1.29 is 19.1 Å². The molecule has 0 spiro atoms. The highest BCUT2D eigenvalue weighted by molar-refractivity contribution is 5.91. The Kier molecular flexibility index (Phi) is 9.17. The summed E-state index contributed by atoms with van der Waals surface area (Å²) >= 11 is 0. The largest absolute Gasteiger partial charge is 0.390 e. The van der Waals surface area contributed by atoms with Gasteiger partial charge in [0.25, 0.3) is 0 Å². The Bertz CT molecular complexity index is 245. The normalized spacial score (nSPS) is 9.50. The lowest BCUT2D eigenvalue weighted by Gasteiger charge is -2.00. The summed E-state index contributed by atoms with van der Waals surface area (Å²) in [5, 5.41) is 0. The standard InChI is InChI=1S/C12H18O4/c1-2-11(14)16-12(15)9-7-5-3-4-6-8-10-13/h2,10H,1,3-9H2. The molecule has 0 fully saturated rings. The Morgan fingerprint density at radius 3 is 2.31 bits per heavy atom. The van der Waals surface area contributed by atoms with Gasteiger partial charge in [-0.3, -0.25) is 4.79 Å². The predicted molar refractivity (Wildman–Crippen MR) is 59.7 cm³/mol. The smallest absolute Gasteiger partial charge is 0.337 e. The van der Waals surface area contributed by atoms with Gasteiger partial charge in [0, 0.05) is 18.9 Å². The van der Waals surface area contributed by atoms with Crippen molar-refractivity contribution in [2.45, 2.75) is 44.9 Å². The van der Waals surface area contributed by atoms with Gasteiger partial charge in [0.1, 0.15) is 6.29 Å². The summed E-state index contributed by atoms with van der Waals surface area (Å²) in [6.07, 6.45) is 7.28. The zero-order valence-corrected chi connectivity index (χ0v) is 9.44. The van der Waals surface area contributed by atoms with Crippen LogP contribution in [0.25, 0.3) is 0 Å². The van der Waals surface area contributed by atoms with Crippen molar-refractivity contribution in [3.05, 3.63) is 12.7 Å². The molecule has 0 unspecified atom stereocenters. The van der Waals surface area contributed by atoms with Gasteiger partial charge in [-0.05, 0) is 12.8 Å². The lowest BCUT2D eigenvalue weighted by atomic mass is 10.1. The molecule has 0 aliphatic carbocycles. The van der Waals surface area contributed by atoms with E-state index in [1.54, 1.807) is 0 Å². The average molecular weight is 226 g/mol. The topological polar surface area (TPSA) is 60.4 Å². The molecule has 16 heavy (non-hydrogen) atoms. The van der Waals surface area contributed by atoms with Gasteiger partial charge in [-0.15, -0.1) is 0 Å². The first-order valence-electron chi connectivity index (χ1n) is 5.51. The van der Waals surface area contributed by atoms with Gasteiger partial charge < -0.3 is 9.53 Å². The number of hydrogen-bond donors (Lipinski definition) is 0. The minimum atomic E-state index is -0.698. The molecule has 0 N–H and O–H groups in total. The first-order valence-corrected chi connectivity index (χ1v) is 5.51.